The van der Waals surface area contributed by atoms with E-state index >= 15 is 0 Å². The van der Waals surface area contributed by atoms with Crippen molar-refractivity contribution in [2.24, 2.45) is 0 Å². The van der Waals surface area contributed by atoms with Gasteiger partial charge in [-0.3, -0.25) is 0 Å². The van der Waals surface area contributed by atoms with Crippen LogP contribution >= 0.6 is 0 Å². The number of unbranched alkanes of at least 4 members (excludes halogenated alkanes) is 34. The quantitative estimate of drug-likeness (QED) is 0.0647. The first kappa shape index (κ1) is 65.2. The molecule has 0 aliphatic heterocycles. The highest BCUT2D eigenvalue weighted by Crippen LogP contribution is 2.19. The van der Waals surface area contributed by atoms with Gasteiger partial charge < -0.3 is 45.3 Å². The van der Waals surface area contributed by atoms with Crippen LogP contribution in [0, 0.1) is 0 Å². The minimum atomic E-state index is -1.18. The summed E-state index contributed by atoms with van der Waals surface area (Å²) in [5, 5.41) is 0. The van der Waals surface area contributed by atoms with Gasteiger partial charge in [0.1, 0.15) is 10.5 Å². The molecule has 23 heteroatoms. The maximum atomic E-state index is 6.57. The van der Waals surface area contributed by atoms with E-state index in [1.165, 1.54) is 243 Å². The Morgan fingerprint density at radius 2 is 0.444 bits per heavy atom. The minimum absolute atomic E-state index is 0.748. The zero-order valence-electron chi connectivity index (χ0n) is 42.0. The molecule has 0 saturated carbocycles. The Kier molecular flexibility index (Phi) is 64.3. The van der Waals surface area contributed by atoms with E-state index in [1.807, 2.05) is 0 Å². The fourth-order valence-corrected chi connectivity index (χ4v) is 29.9. The number of hydrogen-bond donors (Lipinski definition) is 0. The average Bonchev–Trinajstić information content (AvgIpc) is 3.29. The van der Waals surface area contributed by atoms with Crippen LogP contribution in [0.3, 0.4) is 0 Å². The van der Waals surface area contributed by atoms with Crippen LogP contribution in [0.25, 0.3) is 0 Å². The summed E-state index contributed by atoms with van der Waals surface area (Å²) in [5.41, 5.74) is 0. The zero-order chi connectivity index (χ0) is 45.3. The van der Waals surface area contributed by atoms with Crippen LogP contribution in [0.1, 0.15) is 245 Å². The normalized spacial score (nSPS) is 14.2. The highest BCUT2D eigenvalue weighted by molar-refractivity contribution is 6.58. The molecule has 0 heterocycles. The highest BCUT2D eigenvalue weighted by atomic mass is 28.4. The van der Waals surface area contributed by atoms with Gasteiger partial charge in [-0.25, -0.2) is 0 Å². The van der Waals surface area contributed by atoms with E-state index in [1.54, 1.807) is 0 Å². The molecule has 0 N–H and O–H groups in total. The second-order valence-corrected chi connectivity index (χ2v) is 40.8. The molecular weight excluding hydrogens is 993 g/mol. The van der Waals surface area contributed by atoms with Gasteiger partial charge in [0.05, 0.1) is 0 Å². The van der Waals surface area contributed by atoms with Crippen molar-refractivity contribution in [1.82, 2.24) is 0 Å². The molecule has 0 amide bonds. The molecule has 1 unspecified atom stereocenters. The molecule has 0 bridgehead atoms. The van der Waals surface area contributed by atoms with Crippen LogP contribution in [0.2, 0.25) is 12.1 Å². The van der Waals surface area contributed by atoms with E-state index in [4.69, 9.17) is 45.3 Å². The van der Waals surface area contributed by atoms with Crippen molar-refractivity contribution in [1.29, 1.82) is 0 Å². The molecule has 63 heavy (non-hydrogen) atoms. The van der Waals surface area contributed by atoms with Crippen molar-refractivity contribution in [3.8, 4) is 0 Å². The molecule has 0 aliphatic rings. The third-order valence-electron chi connectivity index (χ3n) is 11.7. The SMILES string of the molecule is CCCCCCCCCCCCCCCCCCCCCCCC[SiH](CCCCCCCCCCCCCCCC)O[SiH2]O[SiH2]O[SiH2]O[SiH2]O[SiH2]O[SiH2]O[SiH2]O[SiH2]O[SiH2]O[SiH2]O[SiH3]. The van der Waals surface area contributed by atoms with Crippen LogP contribution in [0.4, 0.5) is 0 Å². The maximum absolute atomic E-state index is 6.57. The van der Waals surface area contributed by atoms with Crippen LogP contribution in [-0.4, -0.2) is 120 Å². The van der Waals surface area contributed by atoms with Crippen molar-refractivity contribution < 1.29 is 45.3 Å². The predicted molar refractivity (Wildman–Crippen MR) is 302 cm³/mol. The molecule has 1 atom stereocenters. The second-order valence-electron chi connectivity index (χ2n) is 17.7. The summed E-state index contributed by atoms with van der Waals surface area (Å²) in [6.07, 6.45) is 51.5. The summed E-state index contributed by atoms with van der Waals surface area (Å²) < 4.78 is 62.3. The summed E-state index contributed by atoms with van der Waals surface area (Å²) >= 11 is 0. The van der Waals surface area contributed by atoms with Crippen molar-refractivity contribution in [2.45, 2.75) is 257 Å². The molecular formula is C40H106O11Si12. The fraction of sp³-hybridized carbons (Fsp3) is 1.00. The molecule has 0 saturated heterocycles. The molecule has 0 aliphatic carbocycles. The second kappa shape index (κ2) is 62.2. The van der Waals surface area contributed by atoms with Crippen molar-refractivity contribution in [3.63, 3.8) is 0 Å². The summed E-state index contributed by atoms with van der Waals surface area (Å²) in [7, 11) is -9.96. The van der Waals surface area contributed by atoms with E-state index in [-0.39, 0.29) is 0 Å². The summed E-state index contributed by atoms with van der Waals surface area (Å²) in [6.45, 7) is 4.61. The van der Waals surface area contributed by atoms with E-state index in [9.17, 15) is 0 Å². The first-order chi connectivity index (χ1) is 31.3. The Bertz CT molecular complexity index is 821. The molecule has 11 nitrogen and oxygen atoms in total. The van der Waals surface area contributed by atoms with Gasteiger partial charge in [0.15, 0.2) is 9.04 Å². The minimum Gasteiger partial charge on any atom is -0.449 e. The molecule has 0 aromatic rings. The zero-order valence-corrected chi connectivity index (χ0v) is 59.3. The molecule has 0 fully saturated rings. The first-order valence-electron chi connectivity index (χ1n) is 26.6. The molecule has 0 aromatic carbocycles. The Labute approximate surface area is 419 Å². The van der Waals surface area contributed by atoms with E-state index in [0.717, 1.165) is 10.5 Å². The van der Waals surface area contributed by atoms with Crippen LogP contribution < -0.4 is 0 Å². The van der Waals surface area contributed by atoms with Gasteiger partial charge in [-0.2, -0.15) is 0 Å². The Hall–Kier alpha value is 2.16. The fourth-order valence-electron chi connectivity index (χ4n) is 7.86. The van der Waals surface area contributed by atoms with Gasteiger partial charge in [-0.1, -0.05) is 245 Å². The summed E-state index contributed by atoms with van der Waals surface area (Å²) in [4.78, 5) is 0. The van der Waals surface area contributed by atoms with Crippen molar-refractivity contribution in [2.75, 3.05) is 0 Å². The third-order valence-corrected chi connectivity index (χ3v) is 29.2. The van der Waals surface area contributed by atoms with Gasteiger partial charge in [-0.05, 0) is 12.1 Å². The summed E-state index contributed by atoms with van der Waals surface area (Å²) in [6, 6.07) is 2.66. The number of hydrogen-bond acceptors (Lipinski definition) is 11. The largest absolute Gasteiger partial charge is 0.449 e. The molecule has 0 rings (SSSR count). The average molecular weight is 1100 g/mol. The Morgan fingerprint density at radius 1 is 0.254 bits per heavy atom. The lowest BCUT2D eigenvalue weighted by Gasteiger charge is -2.17. The van der Waals surface area contributed by atoms with E-state index < -0.39 is 109 Å². The molecule has 0 radical (unpaired) electrons. The summed E-state index contributed by atoms with van der Waals surface area (Å²) in [5.74, 6) is 0. The standard InChI is InChI=1S/C40H106O11Si12/c1-3-5-7-9-11-13-15-17-19-20-21-22-23-24-25-26-28-30-32-34-36-38-40-63(39-37-35-33-31-29-27-18-16-14-12-10-8-6-4-2)51-62-50-61-49-60-48-59-47-58-46-57-45-56-44-55-43-54-42-53-41-52/h63H,3-40,53-62H2,1-2,52H3. The van der Waals surface area contributed by atoms with Gasteiger partial charge >= 0.3 is 0 Å². The maximum Gasteiger partial charge on any atom is 0.286 e. The van der Waals surface area contributed by atoms with Crippen molar-refractivity contribution in [3.05, 3.63) is 0 Å². The predicted octanol–water partition coefficient (Wildman–Crippen LogP) is 4.24. The molecule has 380 valence electrons. The Morgan fingerprint density at radius 3 is 0.667 bits per heavy atom. The first-order valence-corrected chi connectivity index (χ1v) is 41.1. The lowest BCUT2D eigenvalue weighted by Crippen LogP contribution is -2.24. The van der Waals surface area contributed by atoms with Gasteiger partial charge in [0, 0.05) is 0 Å². The Balaban J connectivity index is 3.91. The van der Waals surface area contributed by atoms with Crippen LogP contribution in [0.5, 0.6) is 0 Å². The topological polar surface area (TPSA) is 102 Å². The highest BCUT2D eigenvalue weighted by Gasteiger charge is 2.12. The van der Waals surface area contributed by atoms with Gasteiger partial charge in [0.25, 0.3) is 100 Å². The monoisotopic (exact) mass is 1100 g/mol. The lowest BCUT2D eigenvalue weighted by molar-refractivity contribution is 0.360. The third kappa shape index (κ3) is 60.2. The van der Waals surface area contributed by atoms with Crippen molar-refractivity contribution >= 4 is 120 Å². The number of rotatable bonds is 59. The van der Waals surface area contributed by atoms with E-state index in [0.29, 0.717) is 0 Å². The molecule has 0 aromatic heterocycles. The van der Waals surface area contributed by atoms with Gasteiger partial charge in [-0.15, -0.1) is 0 Å². The van der Waals surface area contributed by atoms with Crippen LogP contribution in [-0.2, 0) is 45.3 Å². The van der Waals surface area contributed by atoms with Gasteiger partial charge in [0.2, 0.25) is 0 Å². The van der Waals surface area contributed by atoms with Crippen LogP contribution in [0.15, 0.2) is 0 Å². The molecule has 0 spiro atoms. The van der Waals surface area contributed by atoms with E-state index in [2.05, 4.69) is 13.8 Å². The lowest BCUT2D eigenvalue weighted by atomic mass is 10.0. The smallest absolute Gasteiger partial charge is 0.286 e.